The summed E-state index contributed by atoms with van der Waals surface area (Å²) in [6.45, 7) is -0.175. The molecular formula is C29H30Cl2N2O7. The number of nitrogens with one attached hydrogen (secondary N) is 1. The molecule has 2 amide bonds. The molecule has 2 aromatic carbocycles. The Kier molecular flexibility index (Phi) is 8.37. The van der Waals surface area contributed by atoms with Gasteiger partial charge < -0.3 is 29.9 Å². The van der Waals surface area contributed by atoms with Gasteiger partial charge in [-0.3, -0.25) is 14.4 Å². The highest BCUT2D eigenvalue weighted by Gasteiger charge is 2.52. The highest BCUT2D eigenvalue weighted by molar-refractivity contribution is 6.35. The fourth-order valence-corrected chi connectivity index (χ4v) is 6.08. The molecule has 2 aliphatic carbocycles. The second kappa shape index (κ2) is 11.8. The molecule has 5 rings (SSSR count). The van der Waals surface area contributed by atoms with Crippen molar-refractivity contribution in [3.05, 3.63) is 68.7 Å². The van der Waals surface area contributed by atoms with Gasteiger partial charge in [-0.25, -0.2) is 0 Å². The molecule has 1 saturated carbocycles. The van der Waals surface area contributed by atoms with Crippen molar-refractivity contribution in [2.75, 3.05) is 20.3 Å². The van der Waals surface area contributed by atoms with Crippen LogP contribution in [0, 0.1) is 5.92 Å². The molecule has 1 aliphatic heterocycles. The first-order chi connectivity index (χ1) is 19.3. The van der Waals surface area contributed by atoms with Crippen molar-refractivity contribution < 1.29 is 34.1 Å². The standard InChI is InChI=1S/C29H30Cl2N2O7/c1-39-23-10-15(14-35)9-19-24-20(28(37)32-7-8-34)12-22(25(36)27(24)40-26(19)23)33(29(38)16-3-2-4-16)13-17-5-6-18(30)11-21(17)31/h5-6,9-12,14,16,22,24-25,27,34,36H,2-4,7-8,13H2,1H3,(H,32,37). The van der Waals surface area contributed by atoms with Gasteiger partial charge in [0.1, 0.15) is 18.5 Å². The van der Waals surface area contributed by atoms with Crippen molar-refractivity contribution in [1.82, 2.24) is 10.2 Å². The molecule has 1 heterocycles. The van der Waals surface area contributed by atoms with E-state index in [0.29, 0.717) is 44.5 Å². The number of aliphatic hydroxyl groups is 2. The normalized spacial score (nSPS) is 23.2. The Labute approximate surface area is 241 Å². The third kappa shape index (κ3) is 5.19. The molecule has 2 aromatic rings. The van der Waals surface area contributed by atoms with Gasteiger partial charge in [-0.15, -0.1) is 0 Å². The van der Waals surface area contributed by atoms with Gasteiger partial charge in [0.15, 0.2) is 11.5 Å². The number of ether oxygens (including phenoxy) is 2. The second-order valence-corrected chi connectivity index (χ2v) is 11.1. The number of hydrogen-bond acceptors (Lipinski definition) is 7. The number of amides is 2. The van der Waals surface area contributed by atoms with Gasteiger partial charge in [-0.2, -0.15) is 0 Å². The average molecular weight is 589 g/mol. The van der Waals surface area contributed by atoms with E-state index in [1.54, 1.807) is 35.2 Å². The van der Waals surface area contributed by atoms with Gasteiger partial charge in [0.25, 0.3) is 0 Å². The zero-order chi connectivity index (χ0) is 28.6. The van der Waals surface area contributed by atoms with E-state index < -0.39 is 30.1 Å². The molecule has 0 aromatic heterocycles. The quantitative estimate of drug-likeness (QED) is 0.384. The Bertz CT molecular complexity index is 1360. The Morgan fingerprint density at radius 3 is 2.62 bits per heavy atom. The largest absolute Gasteiger partial charge is 0.493 e. The Balaban J connectivity index is 1.61. The third-order valence-corrected chi connectivity index (χ3v) is 8.45. The van der Waals surface area contributed by atoms with E-state index in [4.69, 9.17) is 32.7 Å². The maximum absolute atomic E-state index is 13.8. The summed E-state index contributed by atoms with van der Waals surface area (Å²) in [5.41, 5.74) is 1.74. The number of hydrogen-bond donors (Lipinski definition) is 3. The predicted molar refractivity (Wildman–Crippen MR) is 148 cm³/mol. The molecule has 0 radical (unpaired) electrons. The molecule has 0 bridgehead atoms. The number of rotatable bonds is 9. The van der Waals surface area contributed by atoms with Crippen LogP contribution in [0.3, 0.4) is 0 Å². The molecule has 4 atom stereocenters. The maximum atomic E-state index is 13.8. The van der Waals surface area contributed by atoms with Crippen LogP contribution in [0.5, 0.6) is 11.5 Å². The van der Waals surface area contributed by atoms with E-state index in [0.717, 1.165) is 19.3 Å². The van der Waals surface area contributed by atoms with Gasteiger partial charge >= 0.3 is 0 Å². The number of aldehydes is 1. The zero-order valence-corrected chi connectivity index (χ0v) is 23.3. The molecule has 4 unspecified atom stereocenters. The fraction of sp³-hybridized carbons (Fsp3) is 0.414. The highest BCUT2D eigenvalue weighted by atomic mass is 35.5. The van der Waals surface area contributed by atoms with Crippen LogP contribution in [0.1, 0.15) is 46.7 Å². The Hall–Kier alpha value is -3.11. The summed E-state index contributed by atoms with van der Waals surface area (Å²) < 4.78 is 11.7. The van der Waals surface area contributed by atoms with E-state index in [1.165, 1.54) is 13.2 Å². The van der Waals surface area contributed by atoms with Crippen LogP contribution in [0.15, 0.2) is 42.0 Å². The van der Waals surface area contributed by atoms with E-state index >= 15 is 0 Å². The minimum atomic E-state index is -1.23. The number of fused-ring (bicyclic) bond motifs is 3. The summed E-state index contributed by atoms with van der Waals surface area (Å²) in [6.07, 6.45) is 2.49. The maximum Gasteiger partial charge on any atom is 0.247 e. The highest BCUT2D eigenvalue weighted by Crippen LogP contribution is 2.51. The molecule has 212 valence electrons. The summed E-state index contributed by atoms with van der Waals surface area (Å²) in [4.78, 5) is 40.4. The van der Waals surface area contributed by atoms with Crippen LogP contribution < -0.4 is 14.8 Å². The number of carbonyl (C=O) groups is 3. The molecule has 3 N–H and O–H groups in total. The lowest BCUT2D eigenvalue weighted by molar-refractivity contribution is -0.145. The lowest BCUT2D eigenvalue weighted by atomic mass is 9.76. The topological polar surface area (TPSA) is 125 Å². The Morgan fingerprint density at radius 1 is 1.23 bits per heavy atom. The average Bonchev–Trinajstić information content (AvgIpc) is 3.30. The van der Waals surface area contributed by atoms with Gasteiger partial charge in [-0.1, -0.05) is 35.7 Å². The van der Waals surface area contributed by atoms with Crippen molar-refractivity contribution in [3.63, 3.8) is 0 Å². The van der Waals surface area contributed by atoms with Crippen LogP contribution >= 0.6 is 23.2 Å². The molecule has 1 fully saturated rings. The lowest BCUT2D eigenvalue weighted by Crippen LogP contribution is -2.56. The van der Waals surface area contributed by atoms with Gasteiger partial charge in [0, 0.05) is 45.8 Å². The molecule has 40 heavy (non-hydrogen) atoms. The van der Waals surface area contributed by atoms with Crippen molar-refractivity contribution in [1.29, 1.82) is 0 Å². The van der Waals surface area contributed by atoms with Crippen molar-refractivity contribution in [2.24, 2.45) is 5.92 Å². The number of nitrogens with zero attached hydrogens (tertiary/aromatic N) is 1. The minimum Gasteiger partial charge on any atom is -0.493 e. The number of halogens is 2. The van der Waals surface area contributed by atoms with Gasteiger partial charge in [0.05, 0.1) is 25.7 Å². The van der Waals surface area contributed by atoms with Crippen molar-refractivity contribution in [3.8, 4) is 11.5 Å². The number of methoxy groups -OCH3 is 1. The monoisotopic (exact) mass is 588 g/mol. The summed E-state index contributed by atoms with van der Waals surface area (Å²) >= 11 is 12.6. The van der Waals surface area contributed by atoms with Crippen LogP contribution in [0.4, 0.5) is 0 Å². The van der Waals surface area contributed by atoms with Crippen LogP contribution in [-0.4, -0.2) is 71.7 Å². The first-order valence-corrected chi connectivity index (χ1v) is 13.9. The van der Waals surface area contributed by atoms with Gasteiger partial charge in [0.2, 0.25) is 11.8 Å². The van der Waals surface area contributed by atoms with Crippen molar-refractivity contribution in [2.45, 2.75) is 50.0 Å². The number of benzene rings is 2. The van der Waals surface area contributed by atoms with Crippen LogP contribution in [0.25, 0.3) is 0 Å². The third-order valence-electron chi connectivity index (χ3n) is 7.86. The first kappa shape index (κ1) is 28.4. The minimum absolute atomic E-state index is 0.0112. The van der Waals surface area contributed by atoms with E-state index in [9.17, 15) is 24.6 Å². The lowest BCUT2D eigenvalue weighted by Gasteiger charge is -2.43. The second-order valence-electron chi connectivity index (χ2n) is 10.2. The van der Waals surface area contributed by atoms with Gasteiger partial charge in [-0.05, 0) is 48.7 Å². The SMILES string of the molecule is COc1cc(C=O)cc2c1OC1C2C(C(=O)NCCO)=CC(N(Cc2ccc(Cl)cc2Cl)C(=O)C2CCC2)C1O. The summed E-state index contributed by atoms with van der Waals surface area (Å²) in [6, 6.07) is 7.21. The molecule has 0 saturated heterocycles. The Morgan fingerprint density at radius 2 is 2.00 bits per heavy atom. The molecular weight excluding hydrogens is 559 g/mol. The number of carbonyl (C=O) groups excluding carboxylic acids is 3. The molecule has 0 spiro atoms. The smallest absolute Gasteiger partial charge is 0.247 e. The predicted octanol–water partition coefficient (Wildman–Crippen LogP) is 3.27. The van der Waals surface area contributed by atoms with Crippen LogP contribution in [0.2, 0.25) is 10.0 Å². The fourth-order valence-electron chi connectivity index (χ4n) is 5.61. The molecule has 9 nitrogen and oxygen atoms in total. The summed E-state index contributed by atoms with van der Waals surface area (Å²) in [5, 5.41) is 24.6. The van der Waals surface area contributed by atoms with E-state index in [1.807, 2.05) is 0 Å². The summed E-state index contributed by atoms with van der Waals surface area (Å²) in [5.74, 6) is -0.957. The zero-order valence-electron chi connectivity index (χ0n) is 21.8. The summed E-state index contributed by atoms with van der Waals surface area (Å²) in [7, 11) is 1.44. The number of aliphatic hydroxyl groups excluding tert-OH is 2. The van der Waals surface area contributed by atoms with Crippen molar-refractivity contribution >= 4 is 41.3 Å². The van der Waals surface area contributed by atoms with Crippen LogP contribution in [-0.2, 0) is 16.1 Å². The van der Waals surface area contributed by atoms with E-state index in [2.05, 4.69) is 5.32 Å². The van der Waals surface area contributed by atoms with E-state index in [-0.39, 0.29) is 37.1 Å². The first-order valence-electron chi connectivity index (χ1n) is 13.1. The molecule has 3 aliphatic rings. The molecule has 11 heteroatoms.